The fraction of sp³-hybridized carbons (Fsp3) is 0.667. The maximum atomic E-state index is 5.29. The van der Waals surface area contributed by atoms with Gasteiger partial charge < -0.3 is 10.1 Å². The van der Waals surface area contributed by atoms with Gasteiger partial charge in [-0.1, -0.05) is 0 Å². The highest BCUT2D eigenvalue weighted by Gasteiger charge is 2.13. The predicted molar refractivity (Wildman–Crippen MR) is 60.5 cm³/mol. The van der Waals surface area contributed by atoms with Crippen LogP contribution in [0.25, 0.3) is 0 Å². The zero-order valence-corrected chi connectivity index (χ0v) is 10.2. The first-order chi connectivity index (χ1) is 6.84. The van der Waals surface area contributed by atoms with Gasteiger partial charge in [-0.3, -0.25) is 0 Å². The molecule has 1 aliphatic rings. The van der Waals surface area contributed by atoms with Gasteiger partial charge in [-0.15, -0.1) is 11.3 Å². The topological polar surface area (TPSA) is 34.2 Å². The number of nitrogens with one attached hydrogen (secondary N) is 1. The van der Waals surface area contributed by atoms with Crippen LogP contribution in [0.3, 0.4) is 0 Å². The summed E-state index contributed by atoms with van der Waals surface area (Å²) in [5, 5.41) is 5.57. The standard InChI is InChI=1S/C9H13BrN2OS/c10-9-12-8(6-14-9)5-11-7-1-3-13-4-2-7/h6-7,11H,1-5H2. The van der Waals surface area contributed by atoms with Gasteiger partial charge in [0, 0.05) is 31.2 Å². The first-order valence-electron chi connectivity index (χ1n) is 4.75. The predicted octanol–water partition coefficient (Wildman–Crippen LogP) is 2.17. The first-order valence-corrected chi connectivity index (χ1v) is 6.43. The molecule has 1 N–H and O–H groups in total. The van der Waals surface area contributed by atoms with E-state index in [0.717, 1.165) is 42.2 Å². The van der Waals surface area contributed by atoms with Crippen molar-refractivity contribution in [1.82, 2.24) is 10.3 Å². The van der Waals surface area contributed by atoms with E-state index in [1.165, 1.54) is 0 Å². The van der Waals surface area contributed by atoms with Crippen LogP contribution in [0.4, 0.5) is 0 Å². The van der Waals surface area contributed by atoms with Crippen molar-refractivity contribution in [1.29, 1.82) is 0 Å². The number of aromatic nitrogens is 1. The highest BCUT2D eigenvalue weighted by molar-refractivity contribution is 9.11. The van der Waals surface area contributed by atoms with Crippen LogP contribution in [0.1, 0.15) is 18.5 Å². The molecule has 1 fully saturated rings. The van der Waals surface area contributed by atoms with Crippen molar-refractivity contribution in [2.45, 2.75) is 25.4 Å². The molecule has 0 amide bonds. The van der Waals surface area contributed by atoms with E-state index in [-0.39, 0.29) is 0 Å². The van der Waals surface area contributed by atoms with E-state index >= 15 is 0 Å². The molecule has 5 heteroatoms. The lowest BCUT2D eigenvalue weighted by atomic mass is 10.1. The lowest BCUT2D eigenvalue weighted by Crippen LogP contribution is -2.34. The third-order valence-electron chi connectivity index (χ3n) is 2.32. The molecule has 0 saturated carbocycles. The SMILES string of the molecule is Brc1nc(CNC2CCOCC2)cs1. The third kappa shape index (κ3) is 3.02. The zero-order valence-electron chi connectivity index (χ0n) is 7.83. The third-order valence-corrected chi connectivity index (χ3v) is 3.73. The molecule has 0 aromatic carbocycles. The number of rotatable bonds is 3. The average Bonchev–Trinajstić information content (AvgIpc) is 2.63. The van der Waals surface area contributed by atoms with E-state index in [4.69, 9.17) is 4.74 Å². The second-order valence-corrected chi connectivity index (χ2v) is 5.49. The van der Waals surface area contributed by atoms with Crippen LogP contribution in [-0.4, -0.2) is 24.2 Å². The molecule has 1 aromatic heterocycles. The van der Waals surface area contributed by atoms with E-state index in [9.17, 15) is 0 Å². The van der Waals surface area contributed by atoms with Crippen molar-refractivity contribution in [3.8, 4) is 0 Å². The van der Waals surface area contributed by atoms with Crippen molar-refractivity contribution in [2.24, 2.45) is 0 Å². The second kappa shape index (κ2) is 5.21. The number of nitrogens with zero attached hydrogens (tertiary/aromatic N) is 1. The molecular weight excluding hydrogens is 264 g/mol. The van der Waals surface area contributed by atoms with Gasteiger partial charge in [0.1, 0.15) is 0 Å². The molecule has 0 radical (unpaired) electrons. The maximum Gasteiger partial charge on any atom is 0.159 e. The maximum absolute atomic E-state index is 5.29. The molecule has 1 aromatic rings. The van der Waals surface area contributed by atoms with Gasteiger partial charge in [0.05, 0.1) is 5.69 Å². The quantitative estimate of drug-likeness (QED) is 0.919. The fourth-order valence-electron chi connectivity index (χ4n) is 1.51. The Morgan fingerprint density at radius 1 is 1.57 bits per heavy atom. The average molecular weight is 277 g/mol. The van der Waals surface area contributed by atoms with Gasteiger partial charge >= 0.3 is 0 Å². The van der Waals surface area contributed by atoms with E-state index in [1.54, 1.807) is 11.3 Å². The summed E-state index contributed by atoms with van der Waals surface area (Å²) in [5.41, 5.74) is 1.12. The minimum atomic E-state index is 0.601. The molecule has 0 bridgehead atoms. The Hall–Kier alpha value is 0.0300. The summed E-state index contributed by atoms with van der Waals surface area (Å²) in [6.07, 6.45) is 2.23. The molecule has 78 valence electrons. The highest BCUT2D eigenvalue weighted by Crippen LogP contribution is 2.16. The molecule has 0 aliphatic carbocycles. The minimum absolute atomic E-state index is 0.601. The van der Waals surface area contributed by atoms with Crippen molar-refractivity contribution >= 4 is 27.3 Å². The number of thiazole rings is 1. The van der Waals surface area contributed by atoms with Crippen LogP contribution in [0.15, 0.2) is 9.30 Å². The largest absolute Gasteiger partial charge is 0.381 e. The Bertz CT molecular complexity index is 286. The summed E-state index contributed by atoms with van der Waals surface area (Å²) in [5.74, 6) is 0. The van der Waals surface area contributed by atoms with Crippen LogP contribution in [-0.2, 0) is 11.3 Å². The van der Waals surface area contributed by atoms with Gasteiger partial charge in [-0.25, -0.2) is 4.98 Å². The lowest BCUT2D eigenvalue weighted by Gasteiger charge is -2.22. The summed E-state index contributed by atoms with van der Waals surface area (Å²) >= 11 is 4.99. The molecule has 3 nitrogen and oxygen atoms in total. The Kier molecular flexibility index (Phi) is 3.92. The molecule has 14 heavy (non-hydrogen) atoms. The van der Waals surface area contributed by atoms with Crippen LogP contribution in [0, 0.1) is 0 Å². The van der Waals surface area contributed by atoms with Crippen LogP contribution in [0.5, 0.6) is 0 Å². The fourth-order valence-corrected chi connectivity index (χ4v) is 2.56. The van der Waals surface area contributed by atoms with E-state index in [1.807, 2.05) is 0 Å². The summed E-state index contributed by atoms with van der Waals surface area (Å²) in [7, 11) is 0. The molecular formula is C9H13BrN2OS. The summed E-state index contributed by atoms with van der Waals surface area (Å²) in [6, 6.07) is 0.601. The Morgan fingerprint density at radius 2 is 2.36 bits per heavy atom. The molecule has 0 unspecified atom stereocenters. The van der Waals surface area contributed by atoms with Gasteiger partial charge in [0.25, 0.3) is 0 Å². The van der Waals surface area contributed by atoms with Gasteiger partial charge in [-0.05, 0) is 28.8 Å². The van der Waals surface area contributed by atoms with Crippen LogP contribution >= 0.6 is 27.3 Å². The normalized spacial score (nSPS) is 18.6. The van der Waals surface area contributed by atoms with Gasteiger partial charge in [-0.2, -0.15) is 0 Å². The van der Waals surface area contributed by atoms with Crippen LogP contribution < -0.4 is 5.32 Å². The Morgan fingerprint density at radius 3 is 3.00 bits per heavy atom. The summed E-state index contributed by atoms with van der Waals surface area (Å²) in [4.78, 5) is 4.34. The smallest absolute Gasteiger partial charge is 0.159 e. The van der Waals surface area contributed by atoms with Crippen molar-refractivity contribution in [3.63, 3.8) is 0 Å². The summed E-state index contributed by atoms with van der Waals surface area (Å²) < 4.78 is 6.25. The molecule has 0 atom stereocenters. The van der Waals surface area contributed by atoms with E-state index in [2.05, 4.69) is 31.6 Å². The van der Waals surface area contributed by atoms with Crippen molar-refractivity contribution in [3.05, 3.63) is 15.0 Å². The summed E-state index contributed by atoms with van der Waals surface area (Å²) in [6.45, 7) is 2.64. The van der Waals surface area contributed by atoms with Gasteiger partial charge in [0.15, 0.2) is 3.92 Å². The molecule has 0 spiro atoms. The highest BCUT2D eigenvalue weighted by atomic mass is 79.9. The second-order valence-electron chi connectivity index (χ2n) is 3.36. The van der Waals surface area contributed by atoms with Crippen molar-refractivity contribution < 1.29 is 4.74 Å². The molecule has 2 heterocycles. The Labute approximate surface area is 96.0 Å². The van der Waals surface area contributed by atoms with E-state index in [0.29, 0.717) is 6.04 Å². The molecule has 1 saturated heterocycles. The molecule has 2 rings (SSSR count). The number of hydrogen-bond donors (Lipinski definition) is 1. The van der Waals surface area contributed by atoms with E-state index < -0.39 is 0 Å². The lowest BCUT2D eigenvalue weighted by molar-refractivity contribution is 0.0775. The minimum Gasteiger partial charge on any atom is -0.381 e. The Balaban J connectivity index is 1.76. The number of halogens is 1. The van der Waals surface area contributed by atoms with Crippen molar-refractivity contribution in [2.75, 3.05) is 13.2 Å². The first kappa shape index (κ1) is 10.5. The zero-order chi connectivity index (χ0) is 9.80. The monoisotopic (exact) mass is 276 g/mol. The van der Waals surface area contributed by atoms with Gasteiger partial charge in [0.2, 0.25) is 0 Å². The van der Waals surface area contributed by atoms with Crippen LogP contribution in [0.2, 0.25) is 0 Å². The number of hydrogen-bond acceptors (Lipinski definition) is 4. The molecule has 1 aliphatic heterocycles. The number of ether oxygens (including phenoxy) is 1.